The number of hydrogen-bond donors (Lipinski definition) is 1. The van der Waals surface area contributed by atoms with Crippen LogP contribution in [0.2, 0.25) is 0 Å². The van der Waals surface area contributed by atoms with E-state index in [0.717, 1.165) is 34.7 Å². The fourth-order valence-electron chi connectivity index (χ4n) is 4.62. The van der Waals surface area contributed by atoms with Crippen LogP contribution < -0.4 is 10.1 Å². The zero-order chi connectivity index (χ0) is 24.1. The summed E-state index contributed by atoms with van der Waals surface area (Å²) in [5, 5.41) is 3.41. The Labute approximate surface area is 198 Å². The van der Waals surface area contributed by atoms with E-state index in [2.05, 4.69) is 55.3 Å². The second-order valence-electron chi connectivity index (χ2n) is 8.87. The lowest BCUT2D eigenvalue weighted by molar-refractivity contribution is -0.141. The van der Waals surface area contributed by atoms with Crippen molar-refractivity contribution in [3.8, 4) is 5.75 Å². The van der Waals surface area contributed by atoms with Crippen LogP contribution in [-0.2, 0) is 9.53 Å². The van der Waals surface area contributed by atoms with Crippen molar-refractivity contribution in [3.63, 3.8) is 0 Å². The summed E-state index contributed by atoms with van der Waals surface area (Å²) in [5.41, 5.74) is 7.21. The molecular weight excluding hydrogens is 412 g/mol. The van der Waals surface area contributed by atoms with Crippen molar-refractivity contribution in [3.05, 3.63) is 87.8 Å². The van der Waals surface area contributed by atoms with Crippen LogP contribution in [0, 0.1) is 6.92 Å². The van der Waals surface area contributed by atoms with Gasteiger partial charge >= 0.3 is 5.97 Å². The van der Waals surface area contributed by atoms with Crippen molar-refractivity contribution >= 4 is 5.97 Å². The Hall–Kier alpha value is -3.05. The van der Waals surface area contributed by atoms with E-state index in [1.165, 1.54) is 11.1 Å². The number of dihydropyridines is 1. The van der Waals surface area contributed by atoms with E-state index in [0.29, 0.717) is 5.57 Å². The molecule has 176 valence electrons. The number of nitrogens with one attached hydrogen (secondary N) is 1. The molecule has 2 aromatic carbocycles. The maximum Gasteiger partial charge on any atom is 0.336 e. The number of esters is 1. The molecule has 2 aromatic rings. The number of allylic oxidation sites excluding steroid dienone is 3. The molecule has 0 fully saturated rings. The van der Waals surface area contributed by atoms with E-state index in [-0.39, 0.29) is 24.5 Å². The highest BCUT2D eigenvalue weighted by molar-refractivity contribution is 5.92. The Morgan fingerprint density at radius 3 is 2.42 bits per heavy atom. The third-order valence-corrected chi connectivity index (χ3v) is 6.35. The third kappa shape index (κ3) is 5.48. The minimum Gasteiger partial charge on any atom is -0.497 e. The van der Waals surface area contributed by atoms with Crippen molar-refractivity contribution in [2.45, 2.75) is 46.1 Å². The van der Waals surface area contributed by atoms with Gasteiger partial charge in [-0.1, -0.05) is 48.9 Å². The average molecular weight is 449 g/mol. The lowest BCUT2D eigenvalue weighted by Gasteiger charge is -2.32. The number of nitrogens with zero attached hydrogens (tertiary/aromatic N) is 1. The standard InChI is InChI=1S/C28H36N2O3/c1-8-24-19(3)29-20(4)26(27(24)22-13-9-11-18(2)15-22)28(31)33-17-25(30(5)6)21-12-10-14-23(16-21)32-7/h9-16,25,27,29H,8,17H2,1-7H3. The Morgan fingerprint density at radius 1 is 1.06 bits per heavy atom. The van der Waals surface area contributed by atoms with Crippen LogP contribution in [0.15, 0.2) is 71.1 Å². The molecule has 0 aliphatic carbocycles. The molecule has 0 saturated carbocycles. The molecule has 5 nitrogen and oxygen atoms in total. The minimum atomic E-state index is -0.278. The summed E-state index contributed by atoms with van der Waals surface area (Å²) in [5.74, 6) is 0.395. The van der Waals surface area contributed by atoms with Crippen LogP contribution in [0.25, 0.3) is 0 Å². The molecule has 5 heteroatoms. The number of aryl methyl sites for hydroxylation is 1. The van der Waals surface area contributed by atoms with Gasteiger partial charge in [-0.2, -0.15) is 0 Å². The Balaban J connectivity index is 1.90. The molecule has 1 aliphatic heterocycles. The summed E-state index contributed by atoms with van der Waals surface area (Å²) < 4.78 is 11.4. The Kier molecular flexibility index (Phi) is 7.98. The maximum absolute atomic E-state index is 13.5. The first-order chi connectivity index (χ1) is 15.8. The van der Waals surface area contributed by atoms with Crippen molar-refractivity contribution in [1.82, 2.24) is 10.2 Å². The molecule has 0 bridgehead atoms. The van der Waals surface area contributed by atoms with E-state index >= 15 is 0 Å². The molecule has 2 atom stereocenters. The van der Waals surface area contributed by atoms with Crippen molar-refractivity contribution < 1.29 is 14.3 Å². The lowest BCUT2D eigenvalue weighted by Crippen LogP contribution is -2.31. The smallest absolute Gasteiger partial charge is 0.336 e. The van der Waals surface area contributed by atoms with Crippen LogP contribution in [0.5, 0.6) is 5.75 Å². The first-order valence-electron chi connectivity index (χ1n) is 11.5. The Morgan fingerprint density at radius 2 is 1.79 bits per heavy atom. The zero-order valence-corrected chi connectivity index (χ0v) is 20.9. The highest BCUT2D eigenvalue weighted by Crippen LogP contribution is 2.40. The third-order valence-electron chi connectivity index (χ3n) is 6.35. The fraction of sp³-hybridized carbons (Fsp3) is 0.393. The zero-order valence-electron chi connectivity index (χ0n) is 20.9. The molecule has 1 N–H and O–H groups in total. The summed E-state index contributed by atoms with van der Waals surface area (Å²) in [4.78, 5) is 15.6. The Bertz CT molecular complexity index is 1070. The summed E-state index contributed by atoms with van der Waals surface area (Å²) in [6.07, 6.45) is 0.853. The van der Waals surface area contributed by atoms with Gasteiger partial charge in [0.1, 0.15) is 12.4 Å². The number of hydrogen-bond acceptors (Lipinski definition) is 5. The molecule has 0 amide bonds. The summed E-state index contributed by atoms with van der Waals surface area (Å²) in [7, 11) is 5.63. The molecule has 0 spiro atoms. The second-order valence-corrected chi connectivity index (χ2v) is 8.87. The average Bonchev–Trinajstić information content (AvgIpc) is 2.78. The van der Waals surface area contributed by atoms with Gasteiger partial charge in [0.2, 0.25) is 0 Å². The molecule has 0 aromatic heterocycles. The molecule has 0 saturated heterocycles. The summed E-state index contributed by atoms with van der Waals surface area (Å²) >= 11 is 0. The van der Waals surface area contributed by atoms with E-state index in [9.17, 15) is 4.79 Å². The molecule has 1 aliphatic rings. The summed E-state index contributed by atoms with van der Waals surface area (Å²) in [6.45, 7) is 8.51. The van der Waals surface area contributed by atoms with Gasteiger partial charge in [-0.15, -0.1) is 0 Å². The second kappa shape index (κ2) is 10.7. The van der Waals surface area contributed by atoms with Crippen LogP contribution in [0.3, 0.4) is 0 Å². The lowest BCUT2D eigenvalue weighted by atomic mass is 9.79. The SMILES string of the molecule is CCC1=C(C)NC(C)=C(C(=O)OCC(c2cccc(OC)c2)N(C)C)C1c1cccc(C)c1. The number of likely N-dealkylation sites (N-methyl/N-ethyl adjacent to an activating group) is 1. The predicted molar refractivity (Wildman–Crippen MR) is 133 cm³/mol. The van der Waals surface area contributed by atoms with E-state index in [1.807, 2.05) is 45.3 Å². The van der Waals surface area contributed by atoms with Crippen molar-refractivity contribution in [2.24, 2.45) is 0 Å². The highest BCUT2D eigenvalue weighted by Gasteiger charge is 2.33. The predicted octanol–water partition coefficient (Wildman–Crippen LogP) is 5.49. The number of benzene rings is 2. The van der Waals surface area contributed by atoms with Crippen LogP contribution in [0.4, 0.5) is 0 Å². The van der Waals surface area contributed by atoms with Gasteiger partial charge in [0, 0.05) is 17.3 Å². The number of methoxy groups -OCH3 is 1. The number of carbonyl (C=O) groups is 1. The maximum atomic E-state index is 13.5. The molecular formula is C28H36N2O3. The summed E-state index contributed by atoms with van der Waals surface area (Å²) in [6, 6.07) is 16.2. The first kappa shape index (κ1) is 24.6. The van der Waals surface area contributed by atoms with Gasteiger partial charge in [-0.3, -0.25) is 4.90 Å². The first-order valence-corrected chi connectivity index (χ1v) is 11.5. The van der Waals surface area contributed by atoms with Crippen molar-refractivity contribution in [1.29, 1.82) is 0 Å². The fourth-order valence-corrected chi connectivity index (χ4v) is 4.62. The topological polar surface area (TPSA) is 50.8 Å². The molecule has 3 rings (SSSR count). The van der Waals surface area contributed by atoms with E-state index in [4.69, 9.17) is 9.47 Å². The van der Waals surface area contributed by atoms with Gasteiger partial charge in [0.05, 0.1) is 18.7 Å². The molecule has 1 heterocycles. The number of ether oxygens (including phenoxy) is 2. The van der Waals surface area contributed by atoms with Gasteiger partial charge in [-0.25, -0.2) is 4.79 Å². The van der Waals surface area contributed by atoms with Gasteiger partial charge in [-0.05, 0) is 70.1 Å². The van der Waals surface area contributed by atoms with Crippen LogP contribution >= 0.6 is 0 Å². The number of carbonyl (C=O) groups excluding carboxylic acids is 1. The monoisotopic (exact) mass is 448 g/mol. The minimum absolute atomic E-state index is 0.0816. The van der Waals surface area contributed by atoms with Gasteiger partial charge in [0.15, 0.2) is 0 Å². The van der Waals surface area contributed by atoms with Crippen LogP contribution in [-0.4, -0.2) is 38.7 Å². The van der Waals surface area contributed by atoms with Gasteiger partial charge in [0.25, 0.3) is 0 Å². The quantitative estimate of drug-likeness (QED) is 0.541. The largest absolute Gasteiger partial charge is 0.497 e. The normalized spacial score (nSPS) is 17.2. The molecule has 2 unspecified atom stereocenters. The number of rotatable bonds is 8. The molecule has 0 radical (unpaired) electrons. The van der Waals surface area contributed by atoms with Gasteiger partial charge < -0.3 is 14.8 Å². The highest BCUT2D eigenvalue weighted by atomic mass is 16.5. The van der Waals surface area contributed by atoms with E-state index < -0.39 is 0 Å². The molecule has 33 heavy (non-hydrogen) atoms. The van der Waals surface area contributed by atoms with E-state index in [1.54, 1.807) is 7.11 Å². The van der Waals surface area contributed by atoms with Crippen molar-refractivity contribution in [2.75, 3.05) is 27.8 Å². The van der Waals surface area contributed by atoms with Crippen LogP contribution in [0.1, 0.15) is 55.8 Å².